The number of anilines is 1. The topological polar surface area (TPSA) is 95.9 Å². The van der Waals surface area contributed by atoms with E-state index < -0.39 is 5.97 Å². The van der Waals surface area contributed by atoms with Crippen molar-refractivity contribution in [3.8, 4) is 5.75 Å². The summed E-state index contributed by atoms with van der Waals surface area (Å²) in [7, 11) is 3.15. The van der Waals surface area contributed by atoms with Crippen molar-refractivity contribution in [2.24, 2.45) is 5.92 Å². The van der Waals surface area contributed by atoms with E-state index in [4.69, 9.17) is 9.84 Å². The fourth-order valence-corrected chi connectivity index (χ4v) is 2.68. The number of benzene rings is 2. The van der Waals surface area contributed by atoms with Crippen LogP contribution in [-0.2, 0) is 11.3 Å². The number of nitrogens with one attached hydrogen (secondary N) is 1. The summed E-state index contributed by atoms with van der Waals surface area (Å²) in [6.45, 7) is 4.16. The van der Waals surface area contributed by atoms with Crippen molar-refractivity contribution in [1.29, 1.82) is 0 Å². The van der Waals surface area contributed by atoms with Gasteiger partial charge < -0.3 is 20.1 Å². The molecule has 0 heterocycles. The third kappa shape index (κ3) is 5.09. The van der Waals surface area contributed by atoms with E-state index in [1.54, 1.807) is 36.2 Å². The van der Waals surface area contributed by atoms with Gasteiger partial charge in [-0.3, -0.25) is 9.59 Å². The molecule has 2 aromatic rings. The second-order valence-electron chi connectivity index (χ2n) is 6.72. The Bertz CT molecular complexity index is 875. The van der Waals surface area contributed by atoms with Crippen molar-refractivity contribution in [3.05, 3.63) is 59.2 Å². The van der Waals surface area contributed by atoms with Crippen molar-refractivity contribution >= 4 is 23.5 Å². The first-order chi connectivity index (χ1) is 13.2. The third-order valence-electron chi connectivity index (χ3n) is 4.20. The maximum Gasteiger partial charge on any atom is 0.335 e. The van der Waals surface area contributed by atoms with Crippen molar-refractivity contribution in [3.63, 3.8) is 0 Å². The van der Waals surface area contributed by atoms with Crippen LogP contribution in [-0.4, -0.2) is 41.9 Å². The SMILES string of the molecule is COc1cc(C(=O)O)ccc1NC(=O)c1ccc(CN(C)C(=O)C(C)C)cc1. The molecule has 0 aromatic heterocycles. The number of carboxylic acid groups (broad SMARTS) is 1. The number of methoxy groups -OCH3 is 1. The van der Waals surface area contributed by atoms with E-state index in [1.165, 1.54) is 25.3 Å². The Kier molecular flexibility index (Phi) is 6.76. The van der Waals surface area contributed by atoms with Crippen LogP contribution < -0.4 is 10.1 Å². The normalized spacial score (nSPS) is 10.5. The van der Waals surface area contributed by atoms with Gasteiger partial charge in [0.15, 0.2) is 0 Å². The van der Waals surface area contributed by atoms with Gasteiger partial charge in [-0.2, -0.15) is 0 Å². The molecule has 0 aliphatic carbocycles. The molecular formula is C21H24N2O5. The lowest BCUT2D eigenvalue weighted by molar-refractivity contribution is -0.133. The summed E-state index contributed by atoms with van der Waals surface area (Å²) < 4.78 is 5.16. The van der Waals surface area contributed by atoms with Crippen LogP contribution in [0.2, 0.25) is 0 Å². The Morgan fingerprint density at radius 3 is 2.21 bits per heavy atom. The van der Waals surface area contributed by atoms with Crippen molar-refractivity contribution in [2.75, 3.05) is 19.5 Å². The van der Waals surface area contributed by atoms with Gasteiger partial charge >= 0.3 is 5.97 Å². The molecule has 2 rings (SSSR count). The van der Waals surface area contributed by atoms with Crippen LogP contribution in [0.25, 0.3) is 0 Å². The highest BCUT2D eigenvalue weighted by Crippen LogP contribution is 2.26. The first-order valence-corrected chi connectivity index (χ1v) is 8.79. The van der Waals surface area contributed by atoms with Crippen LogP contribution in [0.15, 0.2) is 42.5 Å². The van der Waals surface area contributed by atoms with Crippen molar-refractivity contribution in [1.82, 2.24) is 4.90 Å². The molecule has 0 aliphatic heterocycles. The van der Waals surface area contributed by atoms with E-state index in [9.17, 15) is 14.4 Å². The highest BCUT2D eigenvalue weighted by Gasteiger charge is 2.15. The van der Waals surface area contributed by atoms with Crippen LogP contribution in [0.3, 0.4) is 0 Å². The molecule has 148 valence electrons. The minimum atomic E-state index is -1.08. The number of ether oxygens (including phenoxy) is 1. The van der Waals surface area contributed by atoms with Crippen molar-refractivity contribution < 1.29 is 24.2 Å². The molecule has 0 saturated heterocycles. The van der Waals surface area contributed by atoms with E-state index in [0.717, 1.165) is 5.56 Å². The van der Waals surface area contributed by atoms with Crippen LogP contribution in [0.4, 0.5) is 5.69 Å². The van der Waals surface area contributed by atoms with Gasteiger partial charge in [-0.1, -0.05) is 26.0 Å². The Balaban J connectivity index is 2.09. The summed E-state index contributed by atoms with van der Waals surface area (Å²) >= 11 is 0. The maximum absolute atomic E-state index is 12.5. The Labute approximate surface area is 163 Å². The lowest BCUT2D eigenvalue weighted by Crippen LogP contribution is -2.29. The van der Waals surface area contributed by atoms with E-state index in [1.807, 2.05) is 13.8 Å². The summed E-state index contributed by atoms with van der Waals surface area (Å²) in [5.41, 5.74) is 1.80. The van der Waals surface area contributed by atoms with E-state index in [-0.39, 0.29) is 29.0 Å². The Morgan fingerprint density at radius 2 is 1.68 bits per heavy atom. The van der Waals surface area contributed by atoms with Crippen molar-refractivity contribution in [2.45, 2.75) is 20.4 Å². The quantitative estimate of drug-likeness (QED) is 0.764. The molecule has 0 atom stereocenters. The highest BCUT2D eigenvalue weighted by atomic mass is 16.5. The first kappa shape index (κ1) is 21.0. The lowest BCUT2D eigenvalue weighted by atomic mass is 10.1. The molecule has 2 amide bonds. The number of carbonyl (C=O) groups excluding carboxylic acids is 2. The van der Waals surface area contributed by atoms with Gasteiger partial charge in [-0.25, -0.2) is 4.79 Å². The number of hydrogen-bond acceptors (Lipinski definition) is 4. The summed E-state index contributed by atoms with van der Waals surface area (Å²) in [6, 6.07) is 11.2. The standard InChI is InChI=1S/C21H24N2O5/c1-13(2)20(25)23(3)12-14-5-7-15(8-6-14)19(24)22-17-10-9-16(21(26)27)11-18(17)28-4/h5-11,13H,12H2,1-4H3,(H,22,24)(H,26,27). The van der Waals surface area contributed by atoms with Gasteiger partial charge in [0, 0.05) is 25.1 Å². The average molecular weight is 384 g/mol. The number of nitrogens with zero attached hydrogens (tertiary/aromatic N) is 1. The predicted octanol–water partition coefficient (Wildman–Crippen LogP) is 3.26. The first-order valence-electron chi connectivity index (χ1n) is 8.79. The molecular weight excluding hydrogens is 360 g/mol. The summed E-state index contributed by atoms with van der Waals surface area (Å²) in [5, 5.41) is 11.8. The van der Waals surface area contributed by atoms with Crippen LogP contribution >= 0.6 is 0 Å². The number of amides is 2. The molecule has 28 heavy (non-hydrogen) atoms. The molecule has 0 bridgehead atoms. The summed E-state index contributed by atoms with van der Waals surface area (Å²) in [6.07, 6.45) is 0. The molecule has 0 spiro atoms. The van der Waals surface area contributed by atoms with E-state index in [2.05, 4.69) is 5.32 Å². The van der Waals surface area contributed by atoms with E-state index >= 15 is 0 Å². The molecule has 0 saturated carbocycles. The molecule has 2 N–H and O–H groups in total. The van der Waals surface area contributed by atoms with Gasteiger partial charge in [-0.05, 0) is 35.9 Å². The zero-order valence-electron chi connectivity index (χ0n) is 16.4. The minimum absolute atomic E-state index is 0.0544. The zero-order chi connectivity index (χ0) is 20.8. The molecule has 7 heteroatoms. The van der Waals surface area contributed by atoms with Crippen LogP contribution in [0.5, 0.6) is 5.75 Å². The van der Waals surface area contributed by atoms with Gasteiger partial charge in [0.1, 0.15) is 5.75 Å². The van der Waals surface area contributed by atoms with Crippen LogP contribution in [0, 0.1) is 5.92 Å². The van der Waals surface area contributed by atoms with Crippen LogP contribution in [0.1, 0.15) is 40.1 Å². The number of aromatic carboxylic acids is 1. The number of carboxylic acids is 1. The average Bonchev–Trinajstić information content (AvgIpc) is 2.67. The smallest absolute Gasteiger partial charge is 0.335 e. The van der Waals surface area contributed by atoms with E-state index in [0.29, 0.717) is 17.8 Å². The highest BCUT2D eigenvalue weighted by molar-refractivity contribution is 6.05. The second kappa shape index (κ2) is 9.03. The number of carbonyl (C=O) groups is 3. The Hall–Kier alpha value is -3.35. The monoisotopic (exact) mass is 384 g/mol. The fraction of sp³-hybridized carbons (Fsp3) is 0.286. The minimum Gasteiger partial charge on any atom is -0.495 e. The van der Waals surface area contributed by atoms with Gasteiger partial charge in [0.2, 0.25) is 5.91 Å². The molecule has 0 fully saturated rings. The summed E-state index contributed by atoms with van der Waals surface area (Å²) in [5.74, 6) is -1.18. The molecule has 0 aliphatic rings. The van der Waals surface area contributed by atoms with Gasteiger partial charge in [-0.15, -0.1) is 0 Å². The third-order valence-corrected chi connectivity index (χ3v) is 4.20. The molecule has 2 aromatic carbocycles. The summed E-state index contributed by atoms with van der Waals surface area (Å²) in [4.78, 5) is 37.1. The maximum atomic E-state index is 12.5. The molecule has 0 unspecified atom stereocenters. The molecule has 0 radical (unpaired) electrons. The zero-order valence-corrected chi connectivity index (χ0v) is 16.4. The second-order valence-corrected chi connectivity index (χ2v) is 6.72. The number of hydrogen-bond donors (Lipinski definition) is 2. The number of rotatable bonds is 7. The van der Waals surface area contributed by atoms with Gasteiger partial charge in [0.05, 0.1) is 18.4 Å². The lowest BCUT2D eigenvalue weighted by Gasteiger charge is -2.19. The molecule has 7 nitrogen and oxygen atoms in total. The predicted molar refractivity (Wildman–Crippen MR) is 106 cm³/mol. The van der Waals surface area contributed by atoms with Gasteiger partial charge in [0.25, 0.3) is 5.91 Å². The Morgan fingerprint density at radius 1 is 1.07 bits per heavy atom. The fourth-order valence-electron chi connectivity index (χ4n) is 2.68. The largest absolute Gasteiger partial charge is 0.495 e.